The second kappa shape index (κ2) is 8.64. The average Bonchev–Trinajstić information content (AvgIpc) is 2.87. The topological polar surface area (TPSA) is 81.7 Å². The number of likely N-dealkylation sites (tertiary alicyclic amines) is 1. The van der Waals surface area contributed by atoms with Crippen LogP contribution in [-0.4, -0.2) is 77.5 Å². The minimum atomic E-state index is -0.0546. The number of anilines is 1. The predicted molar refractivity (Wildman–Crippen MR) is 94.3 cm³/mol. The highest BCUT2D eigenvalue weighted by Crippen LogP contribution is 2.12. The van der Waals surface area contributed by atoms with Crippen molar-refractivity contribution in [2.24, 2.45) is 0 Å². The number of amides is 3. The summed E-state index contributed by atoms with van der Waals surface area (Å²) in [5.41, 5.74) is 0. The molecule has 0 aliphatic carbocycles. The first kappa shape index (κ1) is 17.4. The van der Waals surface area contributed by atoms with E-state index in [0.29, 0.717) is 32.6 Å². The van der Waals surface area contributed by atoms with Crippen molar-refractivity contribution in [3.63, 3.8) is 0 Å². The Morgan fingerprint density at radius 1 is 1.08 bits per heavy atom. The molecule has 3 rings (SSSR count). The third-order valence-electron chi connectivity index (χ3n) is 4.77. The normalized spacial score (nSPS) is 18.9. The monoisotopic (exact) mass is 346 g/mol. The van der Waals surface area contributed by atoms with Gasteiger partial charge in [-0.05, 0) is 12.8 Å². The first-order valence-corrected chi connectivity index (χ1v) is 9.05. The molecule has 1 aromatic heterocycles. The van der Waals surface area contributed by atoms with Gasteiger partial charge in [0.25, 0.3) is 0 Å². The Balaban J connectivity index is 1.38. The largest absolute Gasteiger partial charge is 0.352 e. The van der Waals surface area contributed by atoms with E-state index in [9.17, 15) is 9.59 Å². The number of carbonyl (C=O) groups is 2. The van der Waals surface area contributed by atoms with Gasteiger partial charge in [0.2, 0.25) is 5.91 Å². The van der Waals surface area contributed by atoms with Crippen LogP contribution in [0.4, 0.5) is 10.6 Å². The maximum Gasteiger partial charge on any atom is 0.317 e. The van der Waals surface area contributed by atoms with E-state index >= 15 is 0 Å². The second-order valence-corrected chi connectivity index (χ2v) is 6.46. The van der Waals surface area contributed by atoms with Crippen LogP contribution >= 0.6 is 0 Å². The van der Waals surface area contributed by atoms with Gasteiger partial charge in [0.05, 0.1) is 6.20 Å². The molecule has 8 nitrogen and oxygen atoms in total. The highest BCUT2D eigenvalue weighted by molar-refractivity contribution is 5.77. The minimum absolute atomic E-state index is 0.0546. The SMILES string of the molecule is O=C1CCCCCN1CCNC(=O)N1CCN(c2cnccn2)CC1. The van der Waals surface area contributed by atoms with Gasteiger partial charge >= 0.3 is 6.03 Å². The molecule has 0 aromatic carbocycles. The molecule has 136 valence electrons. The fourth-order valence-corrected chi connectivity index (χ4v) is 3.28. The van der Waals surface area contributed by atoms with Gasteiger partial charge in [-0.15, -0.1) is 0 Å². The minimum Gasteiger partial charge on any atom is -0.352 e. The van der Waals surface area contributed by atoms with Crippen LogP contribution in [0.3, 0.4) is 0 Å². The van der Waals surface area contributed by atoms with Gasteiger partial charge in [0.15, 0.2) is 0 Å². The lowest BCUT2D eigenvalue weighted by Crippen LogP contribution is -2.53. The first-order valence-electron chi connectivity index (χ1n) is 9.05. The van der Waals surface area contributed by atoms with E-state index in [1.165, 1.54) is 0 Å². The summed E-state index contributed by atoms with van der Waals surface area (Å²) >= 11 is 0. The summed E-state index contributed by atoms with van der Waals surface area (Å²) in [6.07, 6.45) is 8.87. The molecular weight excluding hydrogens is 320 g/mol. The van der Waals surface area contributed by atoms with Crippen LogP contribution in [0.2, 0.25) is 0 Å². The highest BCUT2D eigenvalue weighted by atomic mass is 16.2. The van der Waals surface area contributed by atoms with E-state index in [1.807, 2.05) is 9.80 Å². The number of rotatable bonds is 4. The number of carbonyl (C=O) groups excluding carboxylic acids is 2. The Labute approximate surface area is 148 Å². The molecule has 3 amide bonds. The zero-order chi connectivity index (χ0) is 17.5. The van der Waals surface area contributed by atoms with Gasteiger partial charge < -0.3 is 20.0 Å². The molecular formula is C17H26N6O2. The molecule has 0 radical (unpaired) electrons. The summed E-state index contributed by atoms with van der Waals surface area (Å²) < 4.78 is 0. The lowest BCUT2D eigenvalue weighted by atomic mass is 10.2. The molecule has 25 heavy (non-hydrogen) atoms. The number of hydrogen-bond donors (Lipinski definition) is 1. The van der Waals surface area contributed by atoms with E-state index in [-0.39, 0.29) is 11.9 Å². The highest BCUT2D eigenvalue weighted by Gasteiger charge is 2.22. The molecule has 1 N–H and O–H groups in total. The third kappa shape index (κ3) is 4.80. The van der Waals surface area contributed by atoms with E-state index in [2.05, 4.69) is 20.2 Å². The van der Waals surface area contributed by atoms with E-state index in [1.54, 1.807) is 18.6 Å². The molecule has 0 saturated carbocycles. The Morgan fingerprint density at radius 2 is 1.92 bits per heavy atom. The van der Waals surface area contributed by atoms with E-state index < -0.39 is 0 Å². The Bertz CT molecular complexity index is 574. The average molecular weight is 346 g/mol. The number of piperazine rings is 1. The van der Waals surface area contributed by atoms with Crippen molar-refractivity contribution in [1.82, 2.24) is 25.1 Å². The summed E-state index contributed by atoms with van der Waals surface area (Å²) in [6, 6.07) is -0.0546. The van der Waals surface area contributed by atoms with Crippen LogP contribution < -0.4 is 10.2 Å². The van der Waals surface area contributed by atoms with Crippen LogP contribution in [-0.2, 0) is 4.79 Å². The van der Waals surface area contributed by atoms with Crippen molar-refractivity contribution in [3.8, 4) is 0 Å². The molecule has 1 aromatic rings. The molecule has 8 heteroatoms. The van der Waals surface area contributed by atoms with Crippen molar-refractivity contribution in [1.29, 1.82) is 0 Å². The molecule has 0 bridgehead atoms. The number of urea groups is 1. The number of hydrogen-bond acceptors (Lipinski definition) is 5. The zero-order valence-electron chi connectivity index (χ0n) is 14.6. The molecule has 2 aliphatic heterocycles. The van der Waals surface area contributed by atoms with Gasteiger partial charge in [-0.25, -0.2) is 9.78 Å². The Hall–Kier alpha value is -2.38. The third-order valence-corrected chi connectivity index (χ3v) is 4.77. The number of aromatic nitrogens is 2. The smallest absolute Gasteiger partial charge is 0.317 e. The fourth-order valence-electron chi connectivity index (χ4n) is 3.28. The molecule has 2 fully saturated rings. The molecule has 0 unspecified atom stereocenters. The molecule has 2 aliphatic rings. The standard InChI is InChI=1S/C17H26N6O2/c24-16-4-2-1-3-8-22(16)9-7-20-17(25)23-12-10-21(11-13-23)15-14-18-5-6-19-15/h5-6,14H,1-4,7-13H2,(H,20,25). The summed E-state index contributed by atoms with van der Waals surface area (Å²) in [5, 5.41) is 2.94. The van der Waals surface area contributed by atoms with Gasteiger partial charge in [0, 0.05) is 64.6 Å². The Kier molecular flexibility index (Phi) is 6.03. The van der Waals surface area contributed by atoms with Crippen LogP contribution in [0.5, 0.6) is 0 Å². The lowest BCUT2D eigenvalue weighted by Gasteiger charge is -2.35. The van der Waals surface area contributed by atoms with Crippen molar-refractivity contribution < 1.29 is 9.59 Å². The van der Waals surface area contributed by atoms with Crippen molar-refractivity contribution in [2.75, 3.05) is 50.7 Å². The summed E-state index contributed by atoms with van der Waals surface area (Å²) in [4.78, 5) is 38.4. The van der Waals surface area contributed by atoms with Crippen molar-refractivity contribution >= 4 is 17.8 Å². The van der Waals surface area contributed by atoms with E-state index in [4.69, 9.17) is 0 Å². The summed E-state index contributed by atoms with van der Waals surface area (Å²) in [6.45, 7) is 4.73. The predicted octanol–water partition coefficient (Wildman–Crippen LogP) is 0.711. The van der Waals surface area contributed by atoms with Gasteiger partial charge in [-0.2, -0.15) is 0 Å². The number of nitrogens with zero attached hydrogens (tertiary/aromatic N) is 5. The lowest BCUT2D eigenvalue weighted by molar-refractivity contribution is -0.130. The Morgan fingerprint density at radius 3 is 2.68 bits per heavy atom. The van der Waals surface area contributed by atoms with Crippen LogP contribution in [0, 0.1) is 0 Å². The number of nitrogens with one attached hydrogen (secondary N) is 1. The maximum atomic E-state index is 12.3. The van der Waals surface area contributed by atoms with Crippen LogP contribution in [0.15, 0.2) is 18.6 Å². The molecule has 0 spiro atoms. The molecule has 0 atom stereocenters. The summed E-state index contributed by atoms with van der Waals surface area (Å²) in [5.74, 6) is 1.06. The quantitative estimate of drug-likeness (QED) is 0.868. The zero-order valence-corrected chi connectivity index (χ0v) is 14.6. The molecule has 2 saturated heterocycles. The summed E-state index contributed by atoms with van der Waals surface area (Å²) in [7, 11) is 0. The van der Waals surface area contributed by atoms with E-state index in [0.717, 1.165) is 44.7 Å². The molecule has 3 heterocycles. The van der Waals surface area contributed by atoms with Gasteiger partial charge in [-0.3, -0.25) is 9.78 Å². The second-order valence-electron chi connectivity index (χ2n) is 6.46. The van der Waals surface area contributed by atoms with Gasteiger partial charge in [-0.1, -0.05) is 6.42 Å². The van der Waals surface area contributed by atoms with Crippen molar-refractivity contribution in [2.45, 2.75) is 25.7 Å². The van der Waals surface area contributed by atoms with Gasteiger partial charge in [0.1, 0.15) is 5.82 Å². The first-order chi connectivity index (χ1) is 12.2. The van der Waals surface area contributed by atoms with Crippen LogP contribution in [0.25, 0.3) is 0 Å². The fraction of sp³-hybridized carbons (Fsp3) is 0.647. The van der Waals surface area contributed by atoms with Crippen LogP contribution in [0.1, 0.15) is 25.7 Å². The maximum absolute atomic E-state index is 12.3. The van der Waals surface area contributed by atoms with Crippen molar-refractivity contribution in [3.05, 3.63) is 18.6 Å².